The van der Waals surface area contributed by atoms with Gasteiger partial charge in [-0.25, -0.2) is 0 Å². The van der Waals surface area contributed by atoms with Crippen molar-refractivity contribution >= 4 is 0 Å². The molecule has 0 aromatic heterocycles. The third kappa shape index (κ3) is 2.98. The molecule has 1 heterocycles. The SMILES string of the molecule is CC1CC(N2CCCC(O)C2)CC(C)(C)C1. The lowest BCUT2D eigenvalue weighted by Crippen LogP contribution is -2.48. The molecule has 1 aliphatic carbocycles. The molecule has 1 saturated carbocycles. The number of β-amino-alcohol motifs (C(OH)–C–C–N with tert-alkyl or cyclic N) is 1. The van der Waals surface area contributed by atoms with Crippen LogP contribution in [-0.2, 0) is 0 Å². The number of hydrogen-bond donors (Lipinski definition) is 1. The molecule has 0 amide bonds. The van der Waals surface area contributed by atoms with Crippen LogP contribution in [0.15, 0.2) is 0 Å². The van der Waals surface area contributed by atoms with Gasteiger partial charge in [0.25, 0.3) is 0 Å². The summed E-state index contributed by atoms with van der Waals surface area (Å²) in [5.41, 5.74) is 0.491. The van der Waals surface area contributed by atoms with E-state index in [-0.39, 0.29) is 6.10 Å². The fraction of sp³-hybridized carbons (Fsp3) is 1.00. The monoisotopic (exact) mass is 225 g/mol. The van der Waals surface area contributed by atoms with E-state index in [4.69, 9.17) is 0 Å². The van der Waals surface area contributed by atoms with Gasteiger partial charge in [0.05, 0.1) is 6.10 Å². The number of aliphatic hydroxyl groups excluding tert-OH is 1. The van der Waals surface area contributed by atoms with Crippen LogP contribution >= 0.6 is 0 Å². The second-order valence-corrected chi connectivity index (χ2v) is 6.86. The highest BCUT2D eigenvalue weighted by Gasteiger charge is 2.36. The van der Waals surface area contributed by atoms with Crippen molar-refractivity contribution in [3.63, 3.8) is 0 Å². The Bertz CT molecular complexity index is 239. The maximum absolute atomic E-state index is 9.76. The summed E-state index contributed by atoms with van der Waals surface area (Å²) in [6.07, 6.45) is 6.10. The molecule has 1 aliphatic heterocycles. The van der Waals surface area contributed by atoms with Gasteiger partial charge in [-0.15, -0.1) is 0 Å². The molecule has 2 rings (SSSR count). The summed E-state index contributed by atoms with van der Waals surface area (Å²) in [5.74, 6) is 0.841. The largest absolute Gasteiger partial charge is 0.392 e. The molecule has 3 atom stereocenters. The third-order valence-electron chi connectivity index (χ3n) is 4.31. The molecule has 0 radical (unpaired) electrons. The number of aliphatic hydroxyl groups is 1. The Morgan fingerprint density at radius 2 is 2.00 bits per heavy atom. The van der Waals surface area contributed by atoms with Crippen molar-refractivity contribution in [3.05, 3.63) is 0 Å². The molecule has 16 heavy (non-hydrogen) atoms. The first-order chi connectivity index (χ1) is 7.46. The van der Waals surface area contributed by atoms with E-state index in [0.717, 1.165) is 18.9 Å². The number of hydrogen-bond acceptors (Lipinski definition) is 2. The predicted octanol–water partition coefficient (Wildman–Crippen LogP) is 2.66. The highest BCUT2D eigenvalue weighted by atomic mass is 16.3. The topological polar surface area (TPSA) is 23.5 Å². The molecule has 0 aromatic rings. The van der Waals surface area contributed by atoms with Gasteiger partial charge in [0.1, 0.15) is 0 Å². The summed E-state index contributed by atoms with van der Waals surface area (Å²) in [6.45, 7) is 9.29. The zero-order valence-electron chi connectivity index (χ0n) is 11.1. The number of nitrogens with zero attached hydrogens (tertiary/aromatic N) is 1. The van der Waals surface area contributed by atoms with Gasteiger partial charge in [0.15, 0.2) is 0 Å². The molecule has 3 unspecified atom stereocenters. The average molecular weight is 225 g/mol. The van der Waals surface area contributed by atoms with Crippen molar-refractivity contribution in [3.8, 4) is 0 Å². The Balaban J connectivity index is 1.97. The predicted molar refractivity (Wildman–Crippen MR) is 67.4 cm³/mol. The van der Waals surface area contributed by atoms with Crippen molar-refractivity contribution in [1.29, 1.82) is 0 Å². The minimum absolute atomic E-state index is 0.0749. The third-order valence-corrected chi connectivity index (χ3v) is 4.31. The summed E-state index contributed by atoms with van der Waals surface area (Å²) >= 11 is 0. The Labute approximate surface area is 100 Å². The number of rotatable bonds is 1. The molecule has 2 heteroatoms. The van der Waals surface area contributed by atoms with E-state index >= 15 is 0 Å². The molecule has 2 fully saturated rings. The van der Waals surface area contributed by atoms with E-state index in [1.165, 1.54) is 32.2 Å². The molecule has 1 saturated heterocycles. The highest BCUT2D eigenvalue weighted by Crippen LogP contribution is 2.40. The lowest BCUT2D eigenvalue weighted by molar-refractivity contribution is 0.00633. The molecule has 2 aliphatic rings. The minimum Gasteiger partial charge on any atom is -0.392 e. The zero-order valence-corrected chi connectivity index (χ0v) is 11.1. The molecule has 94 valence electrons. The van der Waals surface area contributed by atoms with E-state index in [0.29, 0.717) is 11.5 Å². The maximum atomic E-state index is 9.76. The Kier molecular flexibility index (Phi) is 3.60. The van der Waals surface area contributed by atoms with Crippen LogP contribution in [0.1, 0.15) is 52.9 Å². The Morgan fingerprint density at radius 1 is 1.25 bits per heavy atom. The van der Waals surface area contributed by atoms with Crippen molar-refractivity contribution in [2.45, 2.75) is 65.0 Å². The van der Waals surface area contributed by atoms with E-state index in [1.807, 2.05) is 0 Å². The smallest absolute Gasteiger partial charge is 0.0667 e. The fourth-order valence-corrected chi connectivity index (χ4v) is 3.89. The minimum atomic E-state index is -0.0749. The first kappa shape index (κ1) is 12.4. The van der Waals surface area contributed by atoms with Crippen molar-refractivity contribution in [2.75, 3.05) is 13.1 Å². The van der Waals surface area contributed by atoms with Gasteiger partial charge in [0.2, 0.25) is 0 Å². The molecular formula is C14H27NO. The van der Waals surface area contributed by atoms with Gasteiger partial charge in [0, 0.05) is 12.6 Å². The zero-order chi connectivity index (χ0) is 11.8. The van der Waals surface area contributed by atoms with Crippen LogP contribution in [-0.4, -0.2) is 35.2 Å². The van der Waals surface area contributed by atoms with Crippen molar-refractivity contribution in [2.24, 2.45) is 11.3 Å². The van der Waals surface area contributed by atoms with Crippen LogP contribution < -0.4 is 0 Å². The standard InChI is InChI=1S/C14H27NO/c1-11-7-12(9-14(2,3)8-11)15-6-4-5-13(16)10-15/h11-13,16H,4-10H2,1-3H3. The van der Waals surface area contributed by atoms with Gasteiger partial charge in [-0.2, -0.15) is 0 Å². The number of likely N-dealkylation sites (tertiary alicyclic amines) is 1. The molecule has 0 aromatic carbocycles. The van der Waals surface area contributed by atoms with Crippen LogP contribution in [0.3, 0.4) is 0 Å². The first-order valence-electron chi connectivity index (χ1n) is 6.88. The molecule has 2 nitrogen and oxygen atoms in total. The summed E-state index contributed by atoms with van der Waals surface area (Å²) in [5, 5.41) is 9.76. The maximum Gasteiger partial charge on any atom is 0.0667 e. The van der Waals surface area contributed by atoms with Crippen LogP contribution in [0.2, 0.25) is 0 Å². The van der Waals surface area contributed by atoms with Gasteiger partial charge in [-0.05, 0) is 50.0 Å². The normalized spacial score (nSPS) is 40.9. The molecule has 1 N–H and O–H groups in total. The lowest BCUT2D eigenvalue weighted by Gasteiger charge is -2.45. The fourth-order valence-electron chi connectivity index (χ4n) is 3.89. The van der Waals surface area contributed by atoms with Gasteiger partial charge < -0.3 is 5.11 Å². The van der Waals surface area contributed by atoms with Crippen LogP contribution in [0.5, 0.6) is 0 Å². The first-order valence-corrected chi connectivity index (χ1v) is 6.88. The Morgan fingerprint density at radius 3 is 2.62 bits per heavy atom. The van der Waals surface area contributed by atoms with Crippen molar-refractivity contribution < 1.29 is 5.11 Å². The molecular weight excluding hydrogens is 198 g/mol. The number of piperidine rings is 1. The quantitative estimate of drug-likeness (QED) is 0.741. The summed E-state index contributed by atoms with van der Waals surface area (Å²) in [4.78, 5) is 2.55. The second-order valence-electron chi connectivity index (χ2n) is 6.86. The summed E-state index contributed by atoms with van der Waals surface area (Å²) < 4.78 is 0. The molecule has 0 spiro atoms. The van der Waals surface area contributed by atoms with Gasteiger partial charge in [-0.1, -0.05) is 20.8 Å². The average Bonchev–Trinajstić information content (AvgIpc) is 2.14. The van der Waals surface area contributed by atoms with E-state index in [1.54, 1.807) is 0 Å². The van der Waals surface area contributed by atoms with Crippen LogP contribution in [0.4, 0.5) is 0 Å². The second kappa shape index (κ2) is 4.66. The summed E-state index contributed by atoms with van der Waals surface area (Å²) in [7, 11) is 0. The van der Waals surface area contributed by atoms with E-state index in [9.17, 15) is 5.11 Å². The molecule has 0 bridgehead atoms. The lowest BCUT2D eigenvalue weighted by atomic mass is 9.70. The van der Waals surface area contributed by atoms with E-state index < -0.39 is 0 Å². The van der Waals surface area contributed by atoms with Crippen LogP contribution in [0.25, 0.3) is 0 Å². The van der Waals surface area contributed by atoms with E-state index in [2.05, 4.69) is 25.7 Å². The highest BCUT2D eigenvalue weighted by molar-refractivity contribution is 4.89. The van der Waals surface area contributed by atoms with Crippen molar-refractivity contribution in [1.82, 2.24) is 4.90 Å². The van der Waals surface area contributed by atoms with Gasteiger partial charge >= 0.3 is 0 Å². The van der Waals surface area contributed by atoms with Gasteiger partial charge in [-0.3, -0.25) is 4.90 Å². The summed E-state index contributed by atoms with van der Waals surface area (Å²) in [6, 6.07) is 0.716. The van der Waals surface area contributed by atoms with Crippen LogP contribution in [0, 0.1) is 11.3 Å². The Hall–Kier alpha value is -0.0800.